The summed E-state index contributed by atoms with van der Waals surface area (Å²) in [5, 5.41) is 3.90. The third-order valence-corrected chi connectivity index (χ3v) is 4.42. The Balaban J connectivity index is 1.66. The van der Waals surface area contributed by atoms with Gasteiger partial charge >= 0.3 is 0 Å². The Morgan fingerprint density at radius 1 is 1.25 bits per heavy atom. The minimum Gasteiger partial charge on any atom is -0.361 e. The van der Waals surface area contributed by atoms with Gasteiger partial charge in [-0.05, 0) is 36.8 Å². The second-order valence-corrected chi connectivity index (χ2v) is 6.26. The zero-order valence-corrected chi connectivity index (χ0v) is 12.2. The molecule has 0 aliphatic carbocycles. The van der Waals surface area contributed by atoms with Crippen molar-refractivity contribution in [1.29, 1.82) is 0 Å². The second-order valence-electron chi connectivity index (χ2n) is 4.46. The maximum absolute atomic E-state index is 12.2. The maximum Gasteiger partial charge on any atom is 0.251 e. The van der Waals surface area contributed by atoms with Gasteiger partial charge in [0.1, 0.15) is 0 Å². The number of carbonyl (C=O) groups excluding carboxylic acids is 1. The van der Waals surface area contributed by atoms with Crippen molar-refractivity contribution in [3.05, 3.63) is 57.4 Å². The van der Waals surface area contributed by atoms with Gasteiger partial charge in [-0.25, -0.2) is 0 Å². The standard InChI is InChI=1S/C15H13ClN2OS/c16-14-5-4-10(20-14)6-8-18-15(19)12-2-1-3-13-11(12)7-9-17-13/h1-5,7,9,17H,6,8H2,(H,18,19). The fraction of sp³-hybridized carbons (Fsp3) is 0.133. The predicted octanol–water partition coefficient (Wildman–Crippen LogP) is 3.86. The van der Waals surface area contributed by atoms with E-state index in [1.807, 2.05) is 42.6 Å². The smallest absolute Gasteiger partial charge is 0.251 e. The Morgan fingerprint density at radius 3 is 2.95 bits per heavy atom. The molecule has 3 aromatic rings. The highest BCUT2D eigenvalue weighted by Gasteiger charge is 2.09. The molecule has 3 rings (SSSR count). The number of hydrogen-bond donors (Lipinski definition) is 2. The molecule has 0 radical (unpaired) electrons. The number of hydrogen-bond acceptors (Lipinski definition) is 2. The number of amides is 1. The summed E-state index contributed by atoms with van der Waals surface area (Å²) >= 11 is 7.43. The fourth-order valence-corrected chi connectivity index (χ4v) is 3.25. The summed E-state index contributed by atoms with van der Waals surface area (Å²) in [6.45, 7) is 0.608. The first kappa shape index (κ1) is 13.2. The molecule has 2 N–H and O–H groups in total. The van der Waals surface area contributed by atoms with Crippen molar-refractivity contribution in [3.63, 3.8) is 0 Å². The lowest BCUT2D eigenvalue weighted by atomic mass is 10.1. The quantitative estimate of drug-likeness (QED) is 0.755. The van der Waals surface area contributed by atoms with Gasteiger partial charge in [0.15, 0.2) is 0 Å². The zero-order valence-electron chi connectivity index (χ0n) is 10.7. The van der Waals surface area contributed by atoms with Crippen molar-refractivity contribution >= 4 is 39.7 Å². The molecule has 0 saturated heterocycles. The van der Waals surface area contributed by atoms with Gasteiger partial charge in [-0.1, -0.05) is 17.7 Å². The number of aromatic amines is 1. The molecule has 1 aromatic carbocycles. The third-order valence-electron chi connectivity index (χ3n) is 3.13. The summed E-state index contributed by atoms with van der Waals surface area (Å²) in [6.07, 6.45) is 2.64. The number of benzene rings is 1. The third kappa shape index (κ3) is 2.71. The largest absolute Gasteiger partial charge is 0.361 e. The van der Waals surface area contributed by atoms with Crippen molar-refractivity contribution in [2.24, 2.45) is 0 Å². The molecule has 102 valence electrons. The number of rotatable bonds is 4. The highest BCUT2D eigenvalue weighted by molar-refractivity contribution is 7.16. The molecule has 0 atom stereocenters. The van der Waals surface area contributed by atoms with Crippen LogP contribution in [0.3, 0.4) is 0 Å². The minimum absolute atomic E-state index is 0.0437. The summed E-state index contributed by atoms with van der Waals surface area (Å²) in [4.78, 5) is 16.5. The van der Waals surface area contributed by atoms with Gasteiger partial charge in [-0.3, -0.25) is 4.79 Å². The highest BCUT2D eigenvalue weighted by Crippen LogP contribution is 2.21. The number of halogens is 1. The Hall–Kier alpha value is -1.78. The van der Waals surface area contributed by atoms with E-state index in [2.05, 4.69) is 10.3 Å². The van der Waals surface area contributed by atoms with Crippen LogP contribution < -0.4 is 5.32 Å². The first-order chi connectivity index (χ1) is 9.74. The molecular formula is C15H13ClN2OS. The predicted molar refractivity (Wildman–Crippen MR) is 83.7 cm³/mol. The number of H-pyrrole nitrogens is 1. The van der Waals surface area contributed by atoms with E-state index in [0.717, 1.165) is 21.7 Å². The van der Waals surface area contributed by atoms with Gasteiger partial charge < -0.3 is 10.3 Å². The monoisotopic (exact) mass is 304 g/mol. The van der Waals surface area contributed by atoms with Gasteiger partial charge in [0.05, 0.1) is 4.34 Å². The fourth-order valence-electron chi connectivity index (χ4n) is 2.16. The average Bonchev–Trinajstić information content (AvgIpc) is 3.06. The molecule has 0 spiro atoms. The molecule has 0 fully saturated rings. The van der Waals surface area contributed by atoms with Crippen LogP contribution in [0.5, 0.6) is 0 Å². The van der Waals surface area contributed by atoms with Crippen molar-refractivity contribution < 1.29 is 4.79 Å². The van der Waals surface area contributed by atoms with Crippen LogP contribution in [-0.2, 0) is 6.42 Å². The minimum atomic E-state index is -0.0437. The van der Waals surface area contributed by atoms with E-state index in [0.29, 0.717) is 12.1 Å². The van der Waals surface area contributed by atoms with E-state index in [1.54, 1.807) is 11.3 Å². The molecule has 0 unspecified atom stereocenters. The van der Waals surface area contributed by atoms with Crippen LogP contribution in [-0.4, -0.2) is 17.4 Å². The van der Waals surface area contributed by atoms with Crippen molar-refractivity contribution in [2.45, 2.75) is 6.42 Å². The van der Waals surface area contributed by atoms with Crippen LogP contribution in [0.2, 0.25) is 4.34 Å². The van der Waals surface area contributed by atoms with Crippen LogP contribution >= 0.6 is 22.9 Å². The van der Waals surface area contributed by atoms with E-state index in [1.165, 1.54) is 4.88 Å². The number of nitrogens with one attached hydrogen (secondary N) is 2. The van der Waals surface area contributed by atoms with Crippen LogP contribution in [0, 0.1) is 0 Å². The van der Waals surface area contributed by atoms with Crippen molar-refractivity contribution in [2.75, 3.05) is 6.54 Å². The van der Waals surface area contributed by atoms with Crippen LogP contribution in [0.15, 0.2) is 42.6 Å². The molecule has 0 bridgehead atoms. The molecule has 0 aliphatic heterocycles. The second kappa shape index (κ2) is 5.69. The summed E-state index contributed by atoms with van der Waals surface area (Å²) in [7, 11) is 0. The molecule has 3 nitrogen and oxygen atoms in total. The van der Waals surface area contributed by atoms with Gasteiger partial charge in [0.2, 0.25) is 0 Å². The SMILES string of the molecule is O=C(NCCc1ccc(Cl)s1)c1cccc2[nH]ccc12. The lowest BCUT2D eigenvalue weighted by molar-refractivity contribution is 0.0956. The number of thiophene rings is 1. The van der Waals surface area contributed by atoms with E-state index in [9.17, 15) is 4.79 Å². The molecule has 5 heteroatoms. The van der Waals surface area contributed by atoms with Gasteiger partial charge in [0.25, 0.3) is 5.91 Å². The highest BCUT2D eigenvalue weighted by atomic mass is 35.5. The number of carbonyl (C=O) groups is 1. The van der Waals surface area contributed by atoms with E-state index >= 15 is 0 Å². The number of fused-ring (bicyclic) bond motifs is 1. The lowest BCUT2D eigenvalue weighted by Crippen LogP contribution is -2.25. The molecule has 2 heterocycles. The van der Waals surface area contributed by atoms with Crippen LogP contribution in [0.1, 0.15) is 15.2 Å². The molecule has 2 aromatic heterocycles. The first-order valence-electron chi connectivity index (χ1n) is 6.32. The Morgan fingerprint density at radius 2 is 2.15 bits per heavy atom. The Kier molecular flexibility index (Phi) is 3.76. The first-order valence-corrected chi connectivity index (χ1v) is 7.52. The summed E-state index contributed by atoms with van der Waals surface area (Å²) in [6, 6.07) is 11.5. The summed E-state index contributed by atoms with van der Waals surface area (Å²) < 4.78 is 0.781. The summed E-state index contributed by atoms with van der Waals surface area (Å²) in [5.41, 5.74) is 1.68. The normalized spacial score (nSPS) is 10.8. The lowest BCUT2D eigenvalue weighted by Gasteiger charge is -2.05. The maximum atomic E-state index is 12.2. The van der Waals surface area contributed by atoms with Gasteiger partial charge in [0, 0.05) is 34.1 Å². The molecule has 0 saturated carbocycles. The topological polar surface area (TPSA) is 44.9 Å². The van der Waals surface area contributed by atoms with Gasteiger partial charge in [-0.15, -0.1) is 11.3 Å². The average molecular weight is 305 g/mol. The van der Waals surface area contributed by atoms with E-state index < -0.39 is 0 Å². The van der Waals surface area contributed by atoms with Crippen LogP contribution in [0.25, 0.3) is 10.9 Å². The van der Waals surface area contributed by atoms with Gasteiger partial charge in [-0.2, -0.15) is 0 Å². The van der Waals surface area contributed by atoms with Crippen LogP contribution in [0.4, 0.5) is 0 Å². The number of aromatic nitrogens is 1. The molecular weight excluding hydrogens is 292 g/mol. The Bertz CT molecular complexity index is 747. The summed E-state index contributed by atoms with van der Waals surface area (Å²) in [5.74, 6) is -0.0437. The van der Waals surface area contributed by atoms with E-state index in [-0.39, 0.29) is 5.91 Å². The van der Waals surface area contributed by atoms with E-state index in [4.69, 9.17) is 11.6 Å². The molecule has 1 amide bonds. The molecule has 20 heavy (non-hydrogen) atoms. The van der Waals surface area contributed by atoms with Crippen molar-refractivity contribution in [1.82, 2.24) is 10.3 Å². The Labute approximate surface area is 125 Å². The van der Waals surface area contributed by atoms with Crippen molar-refractivity contribution in [3.8, 4) is 0 Å². The molecule has 0 aliphatic rings. The zero-order chi connectivity index (χ0) is 13.9.